The summed E-state index contributed by atoms with van der Waals surface area (Å²) in [5.41, 5.74) is 10.1. The Morgan fingerprint density at radius 3 is 2.59 bits per heavy atom. The van der Waals surface area contributed by atoms with Crippen molar-refractivity contribution in [2.45, 2.75) is 19.5 Å². The van der Waals surface area contributed by atoms with Gasteiger partial charge in [-0.15, -0.1) is 0 Å². The van der Waals surface area contributed by atoms with E-state index in [2.05, 4.69) is 9.55 Å². The molecule has 0 bridgehead atoms. The topological polar surface area (TPSA) is 84.4 Å². The van der Waals surface area contributed by atoms with E-state index in [4.69, 9.17) is 5.73 Å². The zero-order valence-electron chi connectivity index (χ0n) is 16.1. The minimum atomic E-state index is -0.909. The number of pyridine rings is 1. The van der Waals surface area contributed by atoms with Crippen LogP contribution >= 0.6 is 0 Å². The highest BCUT2D eigenvalue weighted by atomic mass is 16.5. The van der Waals surface area contributed by atoms with Crippen LogP contribution in [-0.4, -0.2) is 25.9 Å². The third-order valence-electron chi connectivity index (χ3n) is 5.05. The molecule has 0 saturated heterocycles. The molecule has 0 spiro atoms. The normalized spacial score (nSPS) is 12.1. The number of carbonyl (C=O) groups excluding carboxylic acids is 1. The van der Waals surface area contributed by atoms with E-state index in [0.29, 0.717) is 11.6 Å². The summed E-state index contributed by atoms with van der Waals surface area (Å²) in [6.45, 7) is 2.54. The molecule has 2 heterocycles. The molecule has 1 atom stereocenters. The standard InChI is InChI=1S/C23H22N4O2/c1-16-8-10-18(11-9-16)22(27(29)23(24)28)21-13-19-6-2-3-7-20(19)26(21)15-17-5-4-12-25-14-17/h2-14,22,29H,15H2,1H3,(H2,24,28). The number of rotatable bonds is 5. The first kappa shape index (κ1) is 18.7. The van der Waals surface area contributed by atoms with Crippen molar-refractivity contribution in [1.29, 1.82) is 0 Å². The van der Waals surface area contributed by atoms with E-state index in [0.717, 1.165) is 33.3 Å². The minimum Gasteiger partial charge on any atom is -0.350 e. The Morgan fingerprint density at radius 2 is 1.90 bits per heavy atom. The number of aromatic nitrogens is 2. The van der Waals surface area contributed by atoms with Crippen LogP contribution in [0, 0.1) is 6.92 Å². The summed E-state index contributed by atoms with van der Waals surface area (Å²) < 4.78 is 2.09. The van der Waals surface area contributed by atoms with Gasteiger partial charge in [-0.25, -0.2) is 4.79 Å². The summed E-state index contributed by atoms with van der Waals surface area (Å²) >= 11 is 0. The molecule has 2 amide bonds. The van der Waals surface area contributed by atoms with Crippen molar-refractivity contribution >= 4 is 16.9 Å². The lowest BCUT2D eigenvalue weighted by atomic mass is 10.0. The Labute approximate surface area is 168 Å². The van der Waals surface area contributed by atoms with Crippen LogP contribution in [0.15, 0.2) is 79.1 Å². The molecule has 29 heavy (non-hydrogen) atoms. The van der Waals surface area contributed by atoms with Gasteiger partial charge in [0.05, 0.1) is 0 Å². The summed E-state index contributed by atoms with van der Waals surface area (Å²) in [6.07, 6.45) is 3.54. The van der Waals surface area contributed by atoms with Gasteiger partial charge in [0.25, 0.3) is 0 Å². The van der Waals surface area contributed by atoms with E-state index < -0.39 is 12.1 Å². The highest BCUT2D eigenvalue weighted by molar-refractivity contribution is 5.82. The Hall–Kier alpha value is -3.64. The number of primary amides is 1. The smallest absolute Gasteiger partial charge is 0.339 e. The highest BCUT2D eigenvalue weighted by Crippen LogP contribution is 2.33. The highest BCUT2D eigenvalue weighted by Gasteiger charge is 2.28. The maximum atomic E-state index is 11.9. The molecule has 0 aliphatic carbocycles. The molecule has 146 valence electrons. The second kappa shape index (κ2) is 7.77. The van der Waals surface area contributed by atoms with Crippen LogP contribution < -0.4 is 5.73 Å². The van der Waals surface area contributed by atoms with Gasteiger partial charge in [0.2, 0.25) is 0 Å². The van der Waals surface area contributed by atoms with Gasteiger partial charge in [-0.3, -0.25) is 10.2 Å². The van der Waals surface area contributed by atoms with Gasteiger partial charge in [0.15, 0.2) is 0 Å². The van der Waals surface area contributed by atoms with Crippen molar-refractivity contribution in [2.24, 2.45) is 5.73 Å². The Kier molecular flexibility index (Phi) is 5.01. The van der Waals surface area contributed by atoms with Crippen LogP contribution in [0.5, 0.6) is 0 Å². The van der Waals surface area contributed by atoms with Crippen molar-refractivity contribution in [1.82, 2.24) is 14.6 Å². The molecule has 6 heteroatoms. The molecule has 0 radical (unpaired) electrons. The summed E-state index contributed by atoms with van der Waals surface area (Å²) in [4.78, 5) is 16.1. The number of urea groups is 1. The predicted molar refractivity (Wildman–Crippen MR) is 112 cm³/mol. The molecule has 0 fully saturated rings. The number of benzene rings is 2. The Bertz CT molecular complexity index is 1140. The first-order valence-corrected chi connectivity index (χ1v) is 9.36. The number of amides is 2. The summed E-state index contributed by atoms with van der Waals surface area (Å²) in [6, 6.07) is 19.9. The lowest BCUT2D eigenvalue weighted by Crippen LogP contribution is -2.37. The lowest BCUT2D eigenvalue weighted by Gasteiger charge is -2.27. The number of hydrogen-bond donors (Lipinski definition) is 2. The number of aryl methyl sites for hydroxylation is 1. The van der Waals surface area contributed by atoms with Gasteiger partial charge in [-0.2, -0.15) is 5.06 Å². The molecule has 0 aliphatic rings. The first-order chi connectivity index (χ1) is 14.0. The molecule has 2 aromatic carbocycles. The van der Waals surface area contributed by atoms with Crippen LogP contribution in [0.3, 0.4) is 0 Å². The number of nitrogens with two attached hydrogens (primary N) is 1. The molecule has 4 aromatic rings. The zero-order chi connectivity index (χ0) is 20.4. The number of hydrogen-bond acceptors (Lipinski definition) is 3. The van der Waals surface area contributed by atoms with Crippen LogP contribution in [0.2, 0.25) is 0 Å². The molecule has 0 aliphatic heterocycles. The van der Waals surface area contributed by atoms with Gasteiger partial charge in [0.1, 0.15) is 6.04 Å². The molecule has 0 saturated carbocycles. The summed E-state index contributed by atoms with van der Waals surface area (Å²) in [5, 5.41) is 12.2. The van der Waals surface area contributed by atoms with E-state index in [-0.39, 0.29) is 0 Å². The zero-order valence-corrected chi connectivity index (χ0v) is 16.1. The van der Waals surface area contributed by atoms with Gasteiger partial charge in [-0.1, -0.05) is 54.1 Å². The van der Waals surface area contributed by atoms with Gasteiger partial charge in [-0.05, 0) is 41.6 Å². The van der Waals surface area contributed by atoms with E-state index in [1.807, 2.05) is 79.9 Å². The van der Waals surface area contributed by atoms with Crippen LogP contribution in [0.1, 0.15) is 28.4 Å². The number of carbonyl (C=O) groups is 1. The second-order valence-electron chi connectivity index (χ2n) is 7.07. The van der Waals surface area contributed by atoms with E-state index >= 15 is 0 Å². The average molecular weight is 386 g/mol. The van der Waals surface area contributed by atoms with E-state index in [1.54, 1.807) is 6.20 Å². The molecule has 4 rings (SSSR count). The van der Waals surface area contributed by atoms with Crippen LogP contribution in [0.4, 0.5) is 4.79 Å². The fourth-order valence-electron chi connectivity index (χ4n) is 3.62. The average Bonchev–Trinajstić information content (AvgIpc) is 3.08. The van der Waals surface area contributed by atoms with Gasteiger partial charge < -0.3 is 10.3 Å². The van der Waals surface area contributed by atoms with E-state index in [1.165, 1.54) is 0 Å². The maximum absolute atomic E-state index is 11.9. The van der Waals surface area contributed by atoms with E-state index in [9.17, 15) is 10.0 Å². The fraction of sp³-hybridized carbons (Fsp3) is 0.130. The number of nitrogens with zero attached hydrogens (tertiary/aromatic N) is 3. The number of para-hydroxylation sites is 1. The lowest BCUT2D eigenvalue weighted by molar-refractivity contribution is -0.0662. The van der Waals surface area contributed by atoms with Crippen molar-refractivity contribution < 1.29 is 10.0 Å². The molecule has 6 nitrogen and oxygen atoms in total. The maximum Gasteiger partial charge on any atom is 0.339 e. The molecule has 3 N–H and O–H groups in total. The Morgan fingerprint density at radius 1 is 1.14 bits per heavy atom. The molecule has 1 unspecified atom stereocenters. The monoisotopic (exact) mass is 386 g/mol. The third-order valence-corrected chi connectivity index (χ3v) is 5.05. The SMILES string of the molecule is Cc1ccc(C(c2cc3ccccc3n2Cc2cccnc2)N(O)C(N)=O)cc1. The minimum absolute atomic E-state index is 0.547. The fourth-order valence-corrected chi connectivity index (χ4v) is 3.62. The van der Waals surface area contributed by atoms with Crippen molar-refractivity contribution in [3.8, 4) is 0 Å². The van der Waals surface area contributed by atoms with Gasteiger partial charge in [0, 0.05) is 30.1 Å². The second-order valence-corrected chi connectivity index (χ2v) is 7.07. The molecular formula is C23H22N4O2. The quantitative estimate of drug-likeness (QED) is 0.397. The van der Waals surface area contributed by atoms with Crippen molar-refractivity contribution in [3.63, 3.8) is 0 Å². The molecular weight excluding hydrogens is 364 g/mol. The van der Waals surface area contributed by atoms with Crippen LogP contribution in [0.25, 0.3) is 10.9 Å². The Balaban J connectivity index is 1.91. The predicted octanol–water partition coefficient (Wildman–Crippen LogP) is 4.25. The third kappa shape index (κ3) is 3.70. The van der Waals surface area contributed by atoms with Crippen LogP contribution in [-0.2, 0) is 6.54 Å². The number of hydroxylamine groups is 2. The van der Waals surface area contributed by atoms with Gasteiger partial charge >= 0.3 is 6.03 Å². The summed E-state index contributed by atoms with van der Waals surface area (Å²) in [7, 11) is 0. The van der Waals surface area contributed by atoms with Crippen molar-refractivity contribution in [3.05, 3.63) is 102 Å². The summed E-state index contributed by atoms with van der Waals surface area (Å²) in [5.74, 6) is 0. The first-order valence-electron chi connectivity index (χ1n) is 9.36. The number of fused-ring (bicyclic) bond motifs is 1. The molecule has 2 aromatic heterocycles. The van der Waals surface area contributed by atoms with Crippen molar-refractivity contribution in [2.75, 3.05) is 0 Å². The largest absolute Gasteiger partial charge is 0.350 e.